The Hall–Kier alpha value is -1.34. The first kappa shape index (κ1) is 21.4. The second-order valence-electron chi connectivity index (χ2n) is 6.18. The van der Waals surface area contributed by atoms with Gasteiger partial charge in [0.25, 0.3) is 0 Å². The van der Waals surface area contributed by atoms with Gasteiger partial charge in [-0.3, -0.25) is 9.69 Å². The van der Waals surface area contributed by atoms with Crippen molar-refractivity contribution < 1.29 is 9.53 Å². The molecule has 3 rings (SSSR count). The number of thioether (sulfide) groups is 1. The first-order chi connectivity index (χ1) is 13.5. The van der Waals surface area contributed by atoms with E-state index in [1.807, 2.05) is 18.2 Å². The van der Waals surface area contributed by atoms with Gasteiger partial charge in [-0.05, 0) is 17.7 Å². The van der Waals surface area contributed by atoms with Gasteiger partial charge >= 0.3 is 0 Å². The predicted molar refractivity (Wildman–Crippen MR) is 112 cm³/mol. The molecule has 10 heteroatoms. The number of carbonyl (C=O) groups is 1. The van der Waals surface area contributed by atoms with Gasteiger partial charge in [-0.15, -0.1) is 11.3 Å². The molecular formula is C18H18Cl2N4O2S2. The molecule has 1 amide bonds. The van der Waals surface area contributed by atoms with E-state index < -0.39 is 0 Å². The third kappa shape index (κ3) is 6.34. The summed E-state index contributed by atoms with van der Waals surface area (Å²) in [7, 11) is 0. The number of ether oxygens (including phenoxy) is 1. The molecule has 0 saturated carbocycles. The minimum atomic E-state index is -0.0797. The summed E-state index contributed by atoms with van der Waals surface area (Å²) in [4.78, 5) is 18.4. The summed E-state index contributed by atoms with van der Waals surface area (Å²) in [5.74, 6) is 0.182. The van der Waals surface area contributed by atoms with Crippen molar-refractivity contribution in [2.24, 2.45) is 0 Å². The zero-order valence-corrected chi connectivity index (χ0v) is 18.0. The number of hydrogen-bond donors (Lipinski definition) is 1. The third-order valence-corrected chi connectivity index (χ3v) is 6.82. The van der Waals surface area contributed by atoms with Crippen molar-refractivity contribution in [2.75, 3.05) is 32.0 Å². The monoisotopic (exact) mass is 456 g/mol. The second-order valence-corrected chi connectivity index (χ2v) is 9.07. The van der Waals surface area contributed by atoms with E-state index in [-0.39, 0.29) is 17.8 Å². The van der Waals surface area contributed by atoms with Crippen molar-refractivity contribution in [1.29, 1.82) is 5.26 Å². The molecule has 2 heterocycles. The Morgan fingerprint density at radius 1 is 1.46 bits per heavy atom. The summed E-state index contributed by atoms with van der Waals surface area (Å²) in [5.41, 5.74) is 1.47. The zero-order valence-electron chi connectivity index (χ0n) is 14.9. The van der Waals surface area contributed by atoms with E-state index in [1.54, 1.807) is 11.4 Å². The van der Waals surface area contributed by atoms with E-state index in [0.717, 1.165) is 25.2 Å². The SMILES string of the molecule is N#Cc1csc(SCC(=O)NCC2CN(Cc3ccc(Cl)c(Cl)c3)CCO2)n1. The molecule has 6 nitrogen and oxygen atoms in total. The molecule has 0 spiro atoms. The smallest absolute Gasteiger partial charge is 0.230 e. The van der Waals surface area contributed by atoms with Gasteiger partial charge in [0.1, 0.15) is 6.07 Å². The van der Waals surface area contributed by atoms with Crippen molar-refractivity contribution in [3.05, 3.63) is 44.9 Å². The molecule has 1 fully saturated rings. The van der Waals surface area contributed by atoms with Crippen LogP contribution in [0.2, 0.25) is 10.0 Å². The Kier molecular flexibility index (Phi) is 7.97. The van der Waals surface area contributed by atoms with Gasteiger partial charge < -0.3 is 10.1 Å². The zero-order chi connectivity index (χ0) is 19.9. The maximum Gasteiger partial charge on any atom is 0.230 e. The molecule has 0 bridgehead atoms. The number of hydrogen-bond acceptors (Lipinski definition) is 7. The van der Waals surface area contributed by atoms with Gasteiger partial charge in [-0.1, -0.05) is 41.0 Å². The van der Waals surface area contributed by atoms with E-state index in [0.29, 0.717) is 33.2 Å². The van der Waals surface area contributed by atoms with Crippen molar-refractivity contribution in [1.82, 2.24) is 15.2 Å². The number of carbonyl (C=O) groups excluding carboxylic acids is 1. The highest BCUT2D eigenvalue weighted by Crippen LogP contribution is 2.24. The largest absolute Gasteiger partial charge is 0.374 e. The lowest BCUT2D eigenvalue weighted by Gasteiger charge is -2.33. The molecule has 1 N–H and O–H groups in total. The molecule has 1 aliphatic rings. The first-order valence-electron chi connectivity index (χ1n) is 8.56. The van der Waals surface area contributed by atoms with E-state index in [4.69, 9.17) is 33.2 Å². The molecule has 1 aliphatic heterocycles. The van der Waals surface area contributed by atoms with Crippen LogP contribution < -0.4 is 5.32 Å². The molecule has 0 radical (unpaired) electrons. The number of thiazole rings is 1. The van der Waals surface area contributed by atoms with Gasteiger partial charge in [0.05, 0.1) is 28.5 Å². The molecule has 1 aromatic heterocycles. The number of aromatic nitrogens is 1. The van der Waals surface area contributed by atoms with Crippen LogP contribution in [-0.2, 0) is 16.1 Å². The van der Waals surface area contributed by atoms with Crippen LogP contribution in [0.3, 0.4) is 0 Å². The number of nitrogens with zero attached hydrogens (tertiary/aromatic N) is 3. The predicted octanol–water partition coefficient (Wildman–Crippen LogP) is 3.43. The maximum absolute atomic E-state index is 12.1. The minimum Gasteiger partial charge on any atom is -0.374 e. The van der Waals surface area contributed by atoms with Crippen molar-refractivity contribution in [3.8, 4) is 6.07 Å². The molecule has 1 unspecified atom stereocenters. The average Bonchev–Trinajstić information content (AvgIpc) is 3.16. The lowest BCUT2D eigenvalue weighted by atomic mass is 10.2. The lowest BCUT2D eigenvalue weighted by molar-refractivity contribution is -0.119. The van der Waals surface area contributed by atoms with Crippen molar-refractivity contribution in [3.63, 3.8) is 0 Å². The van der Waals surface area contributed by atoms with Crippen molar-refractivity contribution in [2.45, 2.75) is 17.0 Å². The minimum absolute atomic E-state index is 0.0597. The highest BCUT2D eigenvalue weighted by atomic mass is 35.5. The second kappa shape index (κ2) is 10.4. The van der Waals surface area contributed by atoms with Crippen molar-refractivity contribution >= 4 is 52.2 Å². The van der Waals surface area contributed by atoms with E-state index >= 15 is 0 Å². The summed E-state index contributed by atoms with van der Waals surface area (Å²) in [6.45, 7) is 3.38. The van der Waals surface area contributed by atoms with Crippen LogP contribution in [0, 0.1) is 11.3 Å². The van der Waals surface area contributed by atoms with Gasteiger partial charge in [-0.2, -0.15) is 5.26 Å². The van der Waals surface area contributed by atoms with Crippen LogP contribution in [0.4, 0.5) is 0 Å². The van der Waals surface area contributed by atoms with Crippen LogP contribution in [-0.4, -0.2) is 53.9 Å². The van der Waals surface area contributed by atoms with Gasteiger partial charge in [0, 0.05) is 31.6 Å². The van der Waals surface area contributed by atoms with E-state index in [1.165, 1.54) is 23.1 Å². The normalized spacial score (nSPS) is 17.2. The topological polar surface area (TPSA) is 78.2 Å². The standard InChI is InChI=1S/C18H18Cl2N4O2S2/c19-15-2-1-12(5-16(15)20)8-24-3-4-26-14(9-24)7-22-17(25)11-28-18-23-13(6-21)10-27-18/h1-2,5,10,14H,3-4,7-9,11H2,(H,22,25). The van der Waals surface area contributed by atoms with Gasteiger partial charge in [-0.25, -0.2) is 4.98 Å². The molecule has 2 aromatic rings. The highest BCUT2D eigenvalue weighted by Gasteiger charge is 2.21. The fourth-order valence-corrected chi connectivity index (χ4v) is 4.63. The Balaban J connectivity index is 1.41. The molecule has 1 saturated heterocycles. The molecule has 1 aromatic carbocycles. The number of morpholine rings is 1. The quantitative estimate of drug-likeness (QED) is 0.642. The highest BCUT2D eigenvalue weighted by molar-refractivity contribution is 8.01. The summed E-state index contributed by atoms with van der Waals surface area (Å²) < 4.78 is 6.48. The Morgan fingerprint density at radius 3 is 3.07 bits per heavy atom. The van der Waals surface area contributed by atoms with Gasteiger partial charge in [0.2, 0.25) is 5.91 Å². The van der Waals surface area contributed by atoms with E-state index in [9.17, 15) is 4.79 Å². The fraction of sp³-hybridized carbons (Fsp3) is 0.389. The van der Waals surface area contributed by atoms with Crippen LogP contribution >= 0.6 is 46.3 Å². The average molecular weight is 457 g/mol. The number of halogens is 2. The van der Waals surface area contributed by atoms with Crippen LogP contribution in [0.25, 0.3) is 0 Å². The summed E-state index contributed by atoms with van der Waals surface area (Å²) in [6.07, 6.45) is -0.0597. The Bertz CT molecular complexity index is 872. The summed E-state index contributed by atoms with van der Waals surface area (Å²) in [6, 6.07) is 7.63. The fourth-order valence-electron chi connectivity index (χ4n) is 2.72. The Labute approximate surface area is 181 Å². The van der Waals surface area contributed by atoms with Gasteiger partial charge in [0.15, 0.2) is 10.0 Å². The number of nitrogens with one attached hydrogen (secondary N) is 1. The van der Waals surface area contributed by atoms with Crippen LogP contribution in [0.1, 0.15) is 11.3 Å². The maximum atomic E-state index is 12.1. The van der Waals surface area contributed by atoms with Crippen LogP contribution in [0.5, 0.6) is 0 Å². The number of benzene rings is 1. The third-order valence-electron chi connectivity index (χ3n) is 4.06. The molecular weight excluding hydrogens is 439 g/mol. The van der Waals surface area contributed by atoms with Crippen LogP contribution in [0.15, 0.2) is 27.9 Å². The number of nitriles is 1. The lowest BCUT2D eigenvalue weighted by Crippen LogP contribution is -2.47. The molecule has 1 atom stereocenters. The summed E-state index contributed by atoms with van der Waals surface area (Å²) in [5, 5.41) is 14.5. The first-order valence-corrected chi connectivity index (χ1v) is 11.2. The Morgan fingerprint density at radius 2 is 2.32 bits per heavy atom. The number of rotatable bonds is 7. The molecule has 0 aliphatic carbocycles. The molecule has 28 heavy (non-hydrogen) atoms. The summed E-state index contributed by atoms with van der Waals surface area (Å²) >= 11 is 14.7. The molecule has 148 valence electrons. The number of amides is 1. The van der Waals surface area contributed by atoms with E-state index in [2.05, 4.69) is 15.2 Å².